The molecule has 0 saturated carbocycles. The number of hydrogen-bond acceptors (Lipinski definition) is 1. The lowest BCUT2D eigenvalue weighted by atomic mass is 9.71. The van der Waals surface area contributed by atoms with Gasteiger partial charge in [-0.3, -0.25) is 0 Å². The van der Waals surface area contributed by atoms with E-state index in [-0.39, 0.29) is 5.41 Å². The van der Waals surface area contributed by atoms with Crippen LogP contribution in [0.3, 0.4) is 0 Å². The van der Waals surface area contributed by atoms with Crippen LogP contribution in [0.4, 0.5) is 0 Å². The molecule has 1 aliphatic rings. The predicted octanol–water partition coefficient (Wildman–Crippen LogP) is 3.56. The maximum Gasteiger partial charge on any atom is 0.119 e. The van der Waals surface area contributed by atoms with Gasteiger partial charge in [0.25, 0.3) is 0 Å². The Bertz CT molecular complexity index is 429. The first-order chi connectivity index (χ1) is 7.14. The molecule has 0 heterocycles. The predicted molar refractivity (Wildman–Crippen MR) is 63.0 cm³/mol. The summed E-state index contributed by atoms with van der Waals surface area (Å²) in [5, 5.41) is 9.89. The maximum absolute atomic E-state index is 9.89. The first-order valence-electron chi connectivity index (χ1n) is 5.27. The van der Waals surface area contributed by atoms with Crippen molar-refractivity contribution in [2.45, 2.75) is 25.7 Å². The third-order valence-electron chi connectivity index (χ3n) is 3.38. The number of rotatable bonds is 1. The zero-order valence-electron chi connectivity index (χ0n) is 9.20. The smallest absolute Gasteiger partial charge is 0.119 e. The molecule has 0 amide bonds. The minimum Gasteiger partial charge on any atom is -0.508 e. The van der Waals surface area contributed by atoms with E-state index in [1.165, 1.54) is 5.57 Å². The Hall–Kier alpha value is -1.50. The van der Waals surface area contributed by atoms with Crippen molar-refractivity contribution in [1.82, 2.24) is 0 Å². The molecule has 1 unspecified atom stereocenters. The Labute approximate surface area is 90.8 Å². The van der Waals surface area contributed by atoms with Crippen LogP contribution in [0.25, 0.3) is 0 Å². The minimum absolute atomic E-state index is 0.0555. The lowest BCUT2D eigenvalue weighted by Gasteiger charge is -2.32. The summed E-state index contributed by atoms with van der Waals surface area (Å²) in [6.07, 6.45) is 7.30. The van der Waals surface area contributed by atoms with Crippen LogP contribution in [0.5, 0.6) is 5.75 Å². The van der Waals surface area contributed by atoms with Crippen molar-refractivity contribution in [2.75, 3.05) is 0 Å². The topological polar surface area (TPSA) is 20.2 Å². The normalized spacial score (nSPS) is 25.1. The molecule has 2 rings (SSSR count). The Morgan fingerprint density at radius 1 is 1.27 bits per heavy atom. The molecule has 1 atom stereocenters. The average molecular weight is 200 g/mol. The van der Waals surface area contributed by atoms with Crippen molar-refractivity contribution in [3.8, 4) is 5.75 Å². The van der Waals surface area contributed by atoms with Gasteiger partial charge in [0.05, 0.1) is 0 Å². The number of allylic oxidation sites excluding steroid dienone is 4. The number of benzene rings is 1. The number of hydrogen-bond donors (Lipinski definition) is 1. The molecule has 0 spiro atoms. The van der Waals surface area contributed by atoms with Crippen molar-refractivity contribution < 1.29 is 5.11 Å². The molecule has 0 fully saturated rings. The SMILES string of the molecule is CC1=CC=CCC1(C)c1ccccc1O. The third-order valence-corrected chi connectivity index (χ3v) is 3.38. The number of phenolic OH excluding ortho intramolecular Hbond substituents is 1. The molecule has 1 N–H and O–H groups in total. The fourth-order valence-corrected chi connectivity index (χ4v) is 2.12. The number of para-hydroxylation sites is 1. The van der Waals surface area contributed by atoms with Crippen LogP contribution >= 0.6 is 0 Å². The van der Waals surface area contributed by atoms with Gasteiger partial charge in [-0.25, -0.2) is 0 Å². The molecule has 78 valence electrons. The van der Waals surface area contributed by atoms with Crippen molar-refractivity contribution in [3.63, 3.8) is 0 Å². The molecule has 1 aromatic carbocycles. The van der Waals surface area contributed by atoms with Crippen LogP contribution in [0, 0.1) is 0 Å². The van der Waals surface area contributed by atoms with E-state index in [1.807, 2.05) is 18.2 Å². The highest BCUT2D eigenvalue weighted by Crippen LogP contribution is 2.41. The first-order valence-corrected chi connectivity index (χ1v) is 5.27. The molecular weight excluding hydrogens is 184 g/mol. The highest BCUT2D eigenvalue weighted by atomic mass is 16.3. The molecule has 15 heavy (non-hydrogen) atoms. The van der Waals surface area contributed by atoms with Gasteiger partial charge in [0, 0.05) is 11.0 Å². The van der Waals surface area contributed by atoms with E-state index in [0.717, 1.165) is 12.0 Å². The standard InChI is InChI=1S/C14H16O/c1-11-7-5-6-10-14(11,2)12-8-3-4-9-13(12)15/h3-9,15H,10H2,1-2H3. The maximum atomic E-state index is 9.89. The fraction of sp³-hybridized carbons (Fsp3) is 0.286. The van der Waals surface area contributed by atoms with Crippen molar-refractivity contribution in [2.24, 2.45) is 0 Å². The molecule has 0 bridgehead atoms. The van der Waals surface area contributed by atoms with Crippen molar-refractivity contribution >= 4 is 0 Å². The largest absolute Gasteiger partial charge is 0.508 e. The van der Waals surface area contributed by atoms with Gasteiger partial charge in [-0.2, -0.15) is 0 Å². The second kappa shape index (κ2) is 3.58. The molecule has 0 radical (unpaired) electrons. The summed E-state index contributed by atoms with van der Waals surface area (Å²) < 4.78 is 0. The van der Waals surface area contributed by atoms with Gasteiger partial charge in [-0.15, -0.1) is 0 Å². The van der Waals surface area contributed by atoms with E-state index >= 15 is 0 Å². The van der Waals surface area contributed by atoms with Gasteiger partial charge >= 0.3 is 0 Å². The Morgan fingerprint density at radius 2 is 2.00 bits per heavy atom. The van der Waals surface area contributed by atoms with Gasteiger partial charge in [0.15, 0.2) is 0 Å². The van der Waals surface area contributed by atoms with Crippen LogP contribution in [-0.4, -0.2) is 5.11 Å². The van der Waals surface area contributed by atoms with Crippen LogP contribution in [0.15, 0.2) is 48.1 Å². The van der Waals surface area contributed by atoms with Gasteiger partial charge in [0.1, 0.15) is 5.75 Å². The van der Waals surface area contributed by atoms with E-state index in [0.29, 0.717) is 5.75 Å². The van der Waals surface area contributed by atoms with Crippen LogP contribution in [0.2, 0.25) is 0 Å². The second-order valence-electron chi connectivity index (χ2n) is 4.33. The van der Waals surface area contributed by atoms with Crippen molar-refractivity contribution in [3.05, 3.63) is 53.6 Å². The van der Waals surface area contributed by atoms with Gasteiger partial charge in [-0.05, 0) is 19.4 Å². The Kier molecular flexibility index (Phi) is 2.39. The lowest BCUT2D eigenvalue weighted by molar-refractivity contribution is 0.443. The summed E-state index contributed by atoms with van der Waals surface area (Å²) in [5.41, 5.74) is 2.26. The molecular formula is C14H16O. The third kappa shape index (κ3) is 1.58. The van der Waals surface area contributed by atoms with E-state index in [2.05, 4.69) is 32.1 Å². The highest BCUT2D eigenvalue weighted by molar-refractivity contribution is 5.46. The quantitative estimate of drug-likeness (QED) is 0.735. The van der Waals surface area contributed by atoms with Crippen LogP contribution < -0.4 is 0 Å². The van der Waals surface area contributed by atoms with E-state index in [4.69, 9.17) is 0 Å². The minimum atomic E-state index is -0.0555. The van der Waals surface area contributed by atoms with E-state index in [9.17, 15) is 5.11 Å². The zero-order valence-corrected chi connectivity index (χ0v) is 9.20. The summed E-state index contributed by atoms with van der Waals surface area (Å²) >= 11 is 0. The van der Waals surface area contributed by atoms with Crippen molar-refractivity contribution in [1.29, 1.82) is 0 Å². The zero-order chi connectivity index (χ0) is 10.9. The molecule has 0 aliphatic heterocycles. The highest BCUT2D eigenvalue weighted by Gasteiger charge is 2.30. The van der Waals surface area contributed by atoms with Gasteiger partial charge in [0.2, 0.25) is 0 Å². The summed E-state index contributed by atoms with van der Waals surface area (Å²) in [6.45, 7) is 4.30. The average Bonchev–Trinajstić information content (AvgIpc) is 2.23. The van der Waals surface area contributed by atoms with Gasteiger partial charge in [-0.1, -0.05) is 48.9 Å². The first kappa shape index (κ1) is 10.0. The fourth-order valence-electron chi connectivity index (χ4n) is 2.12. The van der Waals surface area contributed by atoms with Crippen LogP contribution in [-0.2, 0) is 5.41 Å². The van der Waals surface area contributed by atoms with E-state index < -0.39 is 0 Å². The van der Waals surface area contributed by atoms with Gasteiger partial charge < -0.3 is 5.11 Å². The monoisotopic (exact) mass is 200 g/mol. The molecule has 0 aromatic heterocycles. The summed E-state index contributed by atoms with van der Waals surface area (Å²) in [6, 6.07) is 7.60. The lowest BCUT2D eigenvalue weighted by Crippen LogP contribution is -2.24. The second-order valence-corrected chi connectivity index (χ2v) is 4.33. The summed E-state index contributed by atoms with van der Waals surface area (Å²) in [4.78, 5) is 0. The van der Waals surface area contributed by atoms with E-state index in [1.54, 1.807) is 6.07 Å². The summed E-state index contributed by atoms with van der Waals surface area (Å²) in [5.74, 6) is 0.392. The molecule has 0 saturated heterocycles. The van der Waals surface area contributed by atoms with Crippen LogP contribution in [0.1, 0.15) is 25.8 Å². The molecule has 1 nitrogen and oxygen atoms in total. The molecule has 1 aliphatic carbocycles. The molecule has 1 aromatic rings. The number of phenols is 1. The molecule has 1 heteroatoms. The Balaban J connectivity index is 2.51. The Morgan fingerprint density at radius 3 is 2.67 bits per heavy atom. The number of aromatic hydroxyl groups is 1. The summed E-state index contributed by atoms with van der Waals surface area (Å²) in [7, 11) is 0.